The van der Waals surface area contributed by atoms with Gasteiger partial charge in [-0.25, -0.2) is 27.3 Å². The molecule has 0 spiro atoms. The molecule has 1 rings (SSSR count). The van der Waals surface area contributed by atoms with E-state index in [-0.39, 0.29) is 0 Å². The molecule has 0 bridgehead atoms. The van der Waals surface area contributed by atoms with Crippen molar-refractivity contribution in [2.24, 2.45) is 5.14 Å². The molecule has 2 N–H and O–H groups in total. The second-order valence-electron chi connectivity index (χ2n) is 2.79. The SMILES string of the molecule is NS(=O)(=O)c1cc([N+](=O)[O-])c(C(F)F)c(Cl)n1. The summed E-state index contributed by atoms with van der Waals surface area (Å²) in [6, 6.07) is 0.336. The van der Waals surface area contributed by atoms with E-state index in [0.717, 1.165) is 0 Å². The van der Waals surface area contributed by atoms with E-state index >= 15 is 0 Å². The normalized spacial score (nSPS) is 11.8. The molecule has 0 aliphatic carbocycles. The Labute approximate surface area is 98.4 Å². The first kappa shape index (κ1) is 13.7. The highest BCUT2D eigenvalue weighted by molar-refractivity contribution is 7.89. The fraction of sp³-hybridized carbons (Fsp3) is 0.167. The predicted molar refractivity (Wildman–Crippen MR) is 52.2 cm³/mol. The first-order chi connectivity index (χ1) is 7.64. The predicted octanol–water partition coefficient (Wildman–Crippen LogP) is 1.23. The Morgan fingerprint density at radius 3 is 2.41 bits per heavy atom. The van der Waals surface area contributed by atoms with Crippen LogP contribution in [0.4, 0.5) is 14.5 Å². The number of nitrogens with zero attached hydrogens (tertiary/aromatic N) is 2. The molecule has 0 saturated carbocycles. The van der Waals surface area contributed by atoms with Crippen LogP contribution in [0.15, 0.2) is 11.1 Å². The van der Waals surface area contributed by atoms with Gasteiger partial charge in [0.2, 0.25) is 0 Å². The Kier molecular flexibility index (Phi) is 3.59. The first-order valence-electron chi connectivity index (χ1n) is 3.80. The number of primary sulfonamides is 1. The van der Waals surface area contributed by atoms with Crippen molar-refractivity contribution in [3.05, 3.63) is 26.9 Å². The number of rotatable bonds is 3. The van der Waals surface area contributed by atoms with E-state index in [1.54, 1.807) is 0 Å². The van der Waals surface area contributed by atoms with E-state index in [2.05, 4.69) is 10.1 Å². The number of sulfonamides is 1. The van der Waals surface area contributed by atoms with Crippen molar-refractivity contribution in [1.29, 1.82) is 0 Å². The Bertz CT molecular complexity index is 577. The van der Waals surface area contributed by atoms with E-state index in [0.29, 0.717) is 6.07 Å². The molecule has 0 aromatic carbocycles. The van der Waals surface area contributed by atoms with Crippen LogP contribution < -0.4 is 5.14 Å². The van der Waals surface area contributed by atoms with Gasteiger partial charge in [0.05, 0.1) is 11.0 Å². The first-order valence-corrected chi connectivity index (χ1v) is 5.72. The molecule has 1 aromatic rings. The number of nitrogens with two attached hydrogens (primary N) is 1. The Morgan fingerprint density at radius 2 is 2.06 bits per heavy atom. The summed E-state index contributed by atoms with van der Waals surface area (Å²) in [6.07, 6.45) is -3.26. The Balaban J connectivity index is 3.64. The van der Waals surface area contributed by atoms with Gasteiger partial charge in [-0.3, -0.25) is 10.1 Å². The quantitative estimate of drug-likeness (QED) is 0.510. The zero-order valence-electron chi connectivity index (χ0n) is 7.80. The Hall–Kier alpha value is -1.39. The molecule has 11 heteroatoms. The van der Waals surface area contributed by atoms with Crippen LogP contribution in [0.1, 0.15) is 12.0 Å². The molecular weight excluding hydrogens is 284 g/mol. The van der Waals surface area contributed by atoms with Gasteiger partial charge in [0.1, 0.15) is 10.7 Å². The summed E-state index contributed by atoms with van der Waals surface area (Å²) in [4.78, 5) is 12.4. The number of halogens is 3. The zero-order chi connectivity index (χ0) is 13.4. The van der Waals surface area contributed by atoms with E-state index in [4.69, 9.17) is 11.6 Å². The van der Waals surface area contributed by atoms with Gasteiger partial charge < -0.3 is 0 Å². The summed E-state index contributed by atoms with van der Waals surface area (Å²) >= 11 is 5.26. The lowest BCUT2D eigenvalue weighted by atomic mass is 10.2. The van der Waals surface area contributed by atoms with Crippen LogP contribution in [0.5, 0.6) is 0 Å². The maximum Gasteiger partial charge on any atom is 0.284 e. The largest absolute Gasteiger partial charge is 0.284 e. The van der Waals surface area contributed by atoms with Gasteiger partial charge in [0.25, 0.3) is 22.1 Å². The van der Waals surface area contributed by atoms with Gasteiger partial charge in [-0.15, -0.1) is 0 Å². The van der Waals surface area contributed by atoms with Crippen molar-refractivity contribution in [3.63, 3.8) is 0 Å². The van der Waals surface area contributed by atoms with Gasteiger partial charge in [0, 0.05) is 0 Å². The molecule has 0 fully saturated rings. The molecule has 0 aliphatic rings. The topological polar surface area (TPSA) is 116 Å². The molecular formula is C6H4ClF2N3O4S. The molecule has 0 radical (unpaired) electrons. The second-order valence-corrected chi connectivity index (χ2v) is 4.65. The number of pyridine rings is 1. The molecule has 0 amide bonds. The monoisotopic (exact) mass is 287 g/mol. The fourth-order valence-corrected chi connectivity index (χ4v) is 1.80. The smallest absolute Gasteiger partial charge is 0.258 e. The molecule has 7 nitrogen and oxygen atoms in total. The molecule has 1 heterocycles. The number of hydrogen-bond acceptors (Lipinski definition) is 5. The molecule has 1 aromatic heterocycles. The highest BCUT2D eigenvalue weighted by Crippen LogP contribution is 2.34. The van der Waals surface area contributed by atoms with Gasteiger partial charge in [0.15, 0.2) is 5.03 Å². The third kappa shape index (κ3) is 2.84. The number of nitro groups is 1. The maximum absolute atomic E-state index is 12.5. The average molecular weight is 288 g/mol. The van der Waals surface area contributed by atoms with E-state index in [9.17, 15) is 27.3 Å². The van der Waals surface area contributed by atoms with Gasteiger partial charge in [-0.2, -0.15) is 0 Å². The summed E-state index contributed by atoms with van der Waals surface area (Å²) in [5.74, 6) is 0. The van der Waals surface area contributed by atoms with E-state index in [1.807, 2.05) is 0 Å². The van der Waals surface area contributed by atoms with Crippen LogP contribution in [0.25, 0.3) is 0 Å². The highest BCUT2D eigenvalue weighted by Gasteiger charge is 2.29. The lowest BCUT2D eigenvalue weighted by Crippen LogP contribution is -2.15. The maximum atomic E-state index is 12.5. The number of aromatic nitrogens is 1. The lowest BCUT2D eigenvalue weighted by molar-refractivity contribution is -0.386. The van der Waals surface area contributed by atoms with Crippen molar-refractivity contribution >= 4 is 27.3 Å². The van der Waals surface area contributed by atoms with Crippen LogP contribution >= 0.6 is 11.6 Å². The van der Waals surface area contributed by atoms with Crippen LogP contribution in [-0.4, -0.2) is 18.3 Å². The standard InChI is InChI=1S/C6H4ClF2N3O4S/c7-5-4(6(8)9)2(12(13)14)1-3(11-5)17(10,15)16/h1,6H,(H2,10,15,16). The summed E-state index contributed by atoms with van der Waals surface area (Å²) in [5.41, 5.74) is -2.30. The molecule has 17 heavy (non-hydrogen) atoms. The van der Waals surface area contributed by atoms with Crippen LogP contribution in [0, 0.1) is 10.1 Å². The molecule has 0 atom stereocenters. The lowest BCUT2D eigenvalue weighted by Gasteiger charge is -2.05. The van der Waals surface area contributed by atoms with Gasteiger partial charge in [-0.1, -0.05) is 11.6 Å². The minimum Gasteiger partial charge on any atom is -0.258 e. The van der Waals surface area contributed by atoms with Crippen molar-refractivity contribution < 1.29 is 22.1 Å². The third-order valence-electron chi connectivity index (χ3n) is 1.67. The van der Waals surface area contributed by atoms with Crippen LogP contribution in [-0.2, 0) is 10.0 Å². The third-order valence-corrected chi connectivity index (χ3v) is 2.75. The van der Waals surface area contributed by atoms with Crippen molar-refractivity contribution in [2.45, 2.75) is 11.5 Å². The van der Waals surface area contributed by atoms with Gasteiger partial charge >= 0.3 is 0 Å². The fourth-order valence-electron chi connectivity index (χ4n) is 0.988. The van der Waals surface area contributed by atoms with Gasteiger partial charge in [-0.05, 0) is 0 Å². The number of hydrogen-bond donors (Lipinski definition) is 1. The molecule has 0 unspecified atom stereocenters. The highest BCUT2D eigenvalue weighted by atomic mass is 35.5. The second kappa shape index (κ2) is 4.47. The number of alkyl halides is 2. The average Bonchev–Trinajstić information content (AvgIpc) is 2.13. The summed E-state index contributed by atoms with van der Waals surface area (Å²) < 4.78 is 46.7. The van der Waals surface area contributed by atoms with Crippen molar-refractivity contribution in [3.8, 4) is 0 Å². The molecule has 0 aliphatic heterocycles. The van der Waals surface area contributed by atoms with E-state index < -0.39 is 42.8 Å². The molecule has 0 saturated heterocycles. The summed E-state index contributed by atoms with van der Waals surface area (Å²) in [7, 11) is -4.37. The summed E-state index contributed by atoms with van der Waals surface area (Å²) in [5, 5.41) is 13.3. The summed E-state index contributed by atoms with van der Waals surface area (Å²) in [6.45, 7) is 0. The minimum atomic E-state index is -4.37. The Morgan fingerprint density at radius 1 is 1.53 bits per heavy atom. The molecule has 94 valence electrons. The van der Waals surface area contributed by atoms with Crippen molar-refractivity contribution in [1.82, 2.24) is 4.98 Å². The van der Waals surface area contributed by atoms with Crippen LogP contribution in [0.3, 0.4) is 0 Å². The van der Waals surface area contributed by atoms with Crippen LogP contribution in [0.2, 0.25) is 5.15 Å². The van der Waals surface area contributed by atoms with E-state index in [1.165, 1.54) is 0 Å². The van der Waals surface area contributed by atoms with Crippen molar-refractivity contribution in [2.75, 3.05) is 0 Å². The minimum absolute atomic E-state index is 0.336. The zero-order valence-corrected chi connectivity index (χ0v) is 9.37.